The number of amides is 2. The van der Waals surface area contributed by atoms with Crippen LogP contribution in [0.1, 0.15) is 43.5 Å². The highest BCUT2D eigenvalue weighted by Crippen LogP contribution is 2.23. The van der Waals surface area contributed by atoms with Crippen LogP contribution < -0.4 is 11.1 Å². The number of pyridine rings is 2. The highest BCUT2D eigenvalue weighted by Gasteiger charge is 2.18. The van der Waals surface area contributed by atoms with Gasteiger partial charge in [-0.15, -0.1) is 0 Å². The molecule has 9 nitrogen and oxygen atoms in total. The molecule has 3 N–H and O–H groups in total. The minimum atomic E-state index is -0.628. The largest absolute Gasteiger partial charge is 0.364 e. The molecule has 32 heavy (non-hydrogen) atoms. The number of rotatable bonds is 5. The molecular weight excluding hydrogens is 406 g/mol. The number of primary amides is 1. The average Bonchev–Trinajstić information content (AvgIpc) is 3.05. The minimum absolute atomic E-state index is 0.138. The number of nitriles is 1. The Bertz CT molecular complexity index is 1400. The quantitative estimate of drug-likeness (QED) is 0.504. The van der Waals surface area contributed by atoms with Crippen molar-refractivity contribution >= 4 is 28.4 Å². The first-order chi connectivity index (χ1) is 15.4. The van der Waals surface area contributed by atoms with Crippen LogP contribution in [0.5, 0.6) is 0 Å². The number of fused-ring (bicyclic) bond motifs is 1. The molecule has 3 heterocycles. The van der Waals surface area contributed by atoms with Crippen LogP contribution in [0.15, 0.2) is 48.7 Å². The Hall–Kier alpha value is -4.58. The molecule has 9 heteroatoms. The van der Waals surface area contributed by atoms with E-state index >= 15 is 0 Å². The molecule has 0 bridgehead atoms. The fourth-order valence-electron chi connectivity index (χ4n) is 3.44. The Morgan fingerprint density at radius 2 is 1.97 bits per heavy atom. The van der Waals surface area contributed by atoms with E-state index in [1.54, 1.807) is 41.1 Å². The third kappa shape index (κ3) is 3.89. The third-order valence-electron chi connectivity index (χ3n) is 5.11. The van der Waals surface area contributed by atoms with Gasteiger partial charge in [-0.3, -0.25) is 19.3 Å². The van der Waals surface area contributed by atoms with Crippen molar-refractivity contribution in [1.82, 2.24) is 19.7 Å². The molecule has 0 radical (unpaired) electrons. The first kappa shape index (κ1) is 20.7. The summed E-state index contributed by atoms with van der Waals surface area (Å²) in [5.74, 6) is -0.941. The molecule has 0 saturated carbocycles. The van der Waals surface area contributed by atoms with Gasteiger partial charge in [0.15, 0.2) is 0 Å². The van der Waals surface area contributed by atoms with Gasteiger partial charge in [-0.05, 0) is 50.2 Å². The second kappa shape index (κ2) is 8.28. The van der Waals surface area contributed by atoms with Gasteiger partial charge >= 0.3 is 0 Å². The van der Waals surface area contributed by atoms with Crippen LogP contribution in [0, 0.1) is 25.2 Å². The standard InChI is InChI=1S/C23H19N7O2/c1-13-21(14(2)30(29-13)12-16-7-6-15(10-24)11-26-16)28-23(32)18-4-3-5-19-17(18)8-9-20(27-19)22(25)31/h3-9,11H,12H2,1-2H3,(H2,25,31)(H,28,32). The lowest BCUT2D eigenvalue weighted by Gasteiger charge is -2.09. The lowest BCUT2D eigenvalue weighted by Crippen LogP contribution is -2.15. The molecule has 4 aromatic rings. The van der Waals surface area contributed by atoms with E-state index < -0.39 is 5.91 Å². The van der Waals surface area contributed by atoms with E-state index in [9.17, 15) is 9.59 Å². The van der Waals surface area contributed by atoms with Crippen LogP contribution in [0.25, 0.3) is 10.9 Å². The van der Waals surface area contributed by atoms with E-state index in [1.165, 1.54) is 12.3 Å². The number of nitrogens with zero attached hydrogens (tertiary/aromatic N) is 5. The summed E-state index contributed by atoms with van der Waals surface area (Å²) < 4.78 is 1.75. The summed E-state index contributed by atoms with van der Waals surface area (Å²) in [5.41, 5.74) is 9.66. The molecule has 0 aliphatic rings. The summed E-state index contributed by atoms with van der Waals surface area (Å²) in [5, 5.41) is 17.0. The Labute approximate surface area is 183 Å². The van der Waals surface area contributed by atoms with Gasteiger partial charge in [-0.1, -0.05) is 6.07 Å². The number of aromatic nitrogens is 4. The zero-order valence-electron chi connectivity index (χ0n) is 17.5. The number of nitrogens with one attached hydrogen (secondary N) is 1. The molecule has 1 aromatic carbocycles. The van der Waals surface area contributed by atoms with E-state index in [-0.39, 0.29) is 11.6 Å². The summed E-state index contributed by atoms with van der Waals surface area (Å²) in [6.45, 7) is 4.08. The molecule has 0 aliphatic carbocycles. The number of aryl methyl sites for hydroxylation is 1. The van der Waals surface area contributed by atoms with E-state index in [2.05, 4.69) is 20.4 Å². The van der Waals surface area contributed by atoms with Crippen molar-refractivity contribution in [2.75, 3.05) is 5.32 Å². The second-order valence-electron chi connectivity index (χ2n) is 7.24. The summed E-state index contributed by atoms with van der Waals surface area (Å²) in [6, 6.07) is 13.8. The number of hydrogen-bond donors (Lipinski definition) is 2. The minimum Gasteiger partial charge on any atom is -0.364 e. The van der Waals surface area contributed by atoms with Crippen molar-refractivity contribution in [1.29, 1.82) is 5.26 Å². The van der Waals surface area contributed by atoms with Crippen LogP contribution in [0.2, 0.25) is 0 Å². The number of carbonyl (C=O) groups is 2. The highest BCUT2D eigenvalue weighted by atomic mass is 16.2. The fraction of sp³-hybridized carbons (Fsp3) is 0.130. The van der Waals surface area contributed by atoms with Crippen LogP contribution >= 0.6 is 0 Å². The molecule has 0 aliphatic heterocycles. The van der Waals surface area contributed by atoms with Gasteiger partial charge in [0.25, 0.3) is 11.8 Å². The molecule has 0 spiro atoms. The Kier molecular flexibility index (Phi) is 5.35. The molecule has 0 atom stereocenters. The van der Waals surface area contributed by atoms with Gasteiger partial charge < -0.3 is 11.1 Å². The van der Waals surface area contributed by atoms with Crippen LogP contribution in [-0.2, 0) is 6.54 Å². The Morgan fingerprint density at radius 3 is 2.66 bits per heavy atom. The Balaban J connectivity index is 1.61. The summed E-state index contributed by atoms with van der Waals surface area (Å²) >= 11 is 0. The molecule has 158 valence electrons. The van der Waals surface area contributed by atoms with Gasteiger partial charge in [0.05, 0.1) is 40.4 Å². The van der Waals surface area contributed by atoms with E-state index in [1.807, 2.05) is 19.9 Å². The van der Waals surface area contributed by atoms with Gasteiger partial charge in [0, 0.05) is 17.1 Å². The maximum Gasteiger partial charge on any atom is 0.267 e. The molecule has 3 aromatic heterocycles. The van der Waals surface area contributed by atoms with Gasteiger partial charge in [-0.2, -0.15) is 10.4 Å². The van der Waals surface area contributed by atoms with Crippen molar-refractivity contribution in [3.05, 3.63) is 82.6 Å². The molecule has 0 fully saturated rings. The summed E-state index contributed by atoms with van der Waals surface area (Å²) in [6.07, 6.45) is 1.52. The highest BCUT2D eigenvalue weighted by molar-refractivity contribution is 6.13. The maximum absolute atomic E-state index is 13.1. The summed E-state index contributed by atoms with van der Waals surface area (Å²) in [4.78, 5) is 33.0. The van der Waals surface area contributed by atoms with Gasteiger partial charge in [-0.25, -0.2) is 4.98 Å². The predicted molar refractivity (Wildman–Crippen MR) is 118 cm³/mol. The van der Waals surface area contributed by atoms with Crippen LogP contribution in [0.4, 0.5) is 5.69 Å². The number of anilines is 1. The first-order valence-corrected chi connectivity index (χ1v) is 9.77. The van der Waals surface area contributed by atoms with Crippen molar-refractivity contribution in [3.63, 3.8) is 0 Å². The maximum atomic E-state index is 13.1. The van der Waals surface area contributed by atoms with Crippen molar-refractivity contribution in [2.24, 2.45) is 5.73 Å². The zero-order valence-corrected chi connectivity index (χ0v) is 17.5. The number of hydrogen-bond acceptors (Lipinski definition) is 6. The third-order valence-corrected chi connectivity index (χ3v) is 5.11. The van der Waals surface area contributed by atoms with Crippen LogP contribution in [-0.4, -0.2) is 31.6 Å². The lowest BCUT2D eigenvalue weighted by molar-refractivity contribution is 0.0994. The zero-order chi connectivity index (χ0) is 22.8. The van der Waals surface area contributed by atoms with E-state index in [0.717, 1.165) is 11.4 Å². The molecule has 4 rings (SSSR count). The monoisotopic (exact) mass is 425 g/mol. The van der Waals surface area contributed by atoms with Crippen molar-refractivity contribution in [2.45, 2.75) is 20.4 Å². The lowest BCUT2D eigenvalue weighted by atomic mass is 10.1. The average molecular weight is 425 g/mol. The number of benzene rings is 1. The normalized spacial score (nSPS) is 10.7. The molecule has 0 unspecified atom stereocenters. The predicted octanol–water partition coefficient (Wildman–Crippen LogP) is 2.71. The van der Waals surface area contributed by atoms with Crippen LogP contribution in [0.3, 0.4) is 0 Å². The SMILES string of the molecule is Cc1nn(Cc2ccc(C#N)cn2)c(C)c1NC(=O)c1cccc2nc(C(N)=O)ccc12. The van der Waals surface area contributed by atoms with Crippen molar-refractivity contribution < 1.29 is 9.59 Å². The first-order valence-electron chi connectivity index (χ1n) is 9.77. The van der Waals surface area contributed by atoms with Gasteiger partial charge in [0.1, 0.15) is 11.8 Å². The number of nitrogens with two attached hydrogens (primary N) is 1. The van der Waals surface area contributed by atoms with E-state index in [0.29, 0.717) is 40.0 Å². The topological polar surface area (TPSA) is 140 Å². The molecule has 2 amide bonds. The smallest absolute Gasteiger partial charge is 0.267 e. The molecule has 0 saturated heterocycles. The van der Waals surface area contributed by atoms with Gasteiger partial charge in [0.2, 0.25) is 0 Å². The second-order valence-corrected chi connectivity index (χ2v) is 7.24. The Morgan fingerprint density at radius 1 is 1.16 bits per heavy atom. The van der Waals surface area contributed by atoms with Crippen molar-refractivity contribution in [3.8, 4) is 6.07 Å². The molecular formula is C23H19N7O2. The fourth-order valence-corrected chi connectivity index (χ4v) is 3.44. The van der Waals surface area contributed by atoms with E-state index in [4.69, 9.17) is 11.0 Å². The number of carbonyl (C=O) groups excluding carboxylic acids is 2. The summed E-state index contributed by atoms with van der Waals surface area (Å²) in [7, 11) is 0.